The van der Waals surface area contributed by atoms with Gasteiger partial charge >= 0.3 is 0 Å². The molecule has 1 saturated carbocycles. The third kappa shape index (κ3) is 4.80. The first-order chi connectivity index (χ1) is 10.0. The summed E-state index contributed by atoms with van der Waals surface area (Å²) in [6.07, 6.45) is 8.04. The summed E-state index contributed by atoms with van der Waals surface area (Å²) in [6.45, 7) is 4.19. The molecule has 0 aromatic heterocycles. The van der Waals surface area contributed by atoms with Crippen LogP contribution in [-0.2, 0) is 6.42 Å². The van der Waals surface area contributed by atoms with E-state index in [0.29, 0.717) is 6.54 Å². The summed E-state index contributed by atoms with van der Waals surface area (Å²) in [4.78, 5) is 2.50. The van der Waals surface area contributed by atoms with Crippen LogP contribution in [0.3, 0.4) is 0 Å². The standard InChI is InChI=1S/C18H29BrN2/c1-18(14-20,12-15-8-10-17(19)11-9-15)21(2)13-16-6-4-3-5-7-16/h8-11,16H,3-7,12-14,20H2,1-2H3. The normalized spacial score (nSPS) is 19.7. The second-order valence-electron chi connectivity index (χ2n) is 6.89. The maximum absolute atomic E-state index is 6.14. The van der Waals surface area contributed by atoms with Crippen molar-refractivity contribution in [3.63, 3.8) is 0 Å². The highest BCUT2D eigenvalue weighted by Gasteiger charge is 2.30. The number of nitrogens with two attached hydrogens (primary N) is 1. The molecule has 0 spiro atoms. The minimum atomic E-state index is 0.0469. The molecule has 1 aromatic rings. The zero-order valence-electron chi connectivity index (χ0n) is 13.4. The molecule has 2 nitrogen and oxygen atoms in total. The zero-order valence-corrected chi connectivity index (χ0v) is 15.0. The van der Waals surface area contributed by atoms with Crippen LogP contribution < -0.4 is 5.73 Å². The number of likely N-dealkylation sites (N-methyl/N-ethyl adjacent to an activating group) is 1. The van der Waals surface area contributed by atoms with Crippen molar-refractivity contribution in [3.05, 3.63) is 34.3 Å². The number of nitrogens with zero attached hydrogens (tertiary/aromatic N) is 1. The Morgan fingerprint density at radius 1 is 1.19 bits per heavy atom. The van der Waals surface area contributed by atoms with Crippen LogP contribution >= 0.6 is 15.9 Å². The second kappa shape index (κ2) is 7.75. The smallest absolute Gasteiger partial charge is 0.0340 e. The van der Waals surface area contributed by atoms with Gasteiger partial charge in [0.05, 0.1) is 0 Å². The molecule has 3 heteroatoms. The van der Waals surface area contributed by atoms with Gasteiger partial charge in [-0.05, 0) is 56.8 Å². The van der Waals surface area contributed by atoms with Crippen LogP contribution in [-0.4, -0.2) is 30.6 Å². The van der Waals surface area contributed by atoms with Gasteiger partial charge in [0, 0.05) is 23.1 Å². The molecule has 1 aliphatic carbocycles. The lowest BCUT2D eigenvalue weighted by atomic mass is 9.86. The lowest BCUT2D eigenvalue weighted by Crippen LogP contribution is -2.52. The minimum Gasteiger partial charge on any atom is -0.329 e. The van der Waals surface area contributed by atoms with Gasteiger partial charge in [-0.15, -0.1) is 0 Å². The van der Waals surface area contributed by atoms with E-state index in [1.165, 1.54) is 44.2 Å². The zero-order chi connectivity index (χ0) is 15.3. The van der Waals surface area contributed by atoms with Gasteiger partial charge in [-0.1, -0.05) is 47.3 Å². The van der Waals surface area contributed by atoms with Crippen molar-refractivity contribution in [2.24, 2.45) is 11.7 Å². The van der Waals surface area contributed by atoms with Crippen molar-refractivity contribution in [3.8, 4) is 0 Å². The Morgan fingerprint density at radius 3 is 2.38 bits per heavy atom. The van der Waals surface area contributed by atoms with Crippen molar-refractivity contribution >= 4 is 15.9 Å². The summed E-state index contributed by atoms with van der Waals surface area (Å²) in [6, 6.07) is 8.64. The van der Waals surface area contributed by atoms with E-state index in [1.54, 1.807) is 0 Å². The molecule has 1 fully saturated rings. The van der Waals surface area contributed by atoms with Crippen molar-refractivity contribution in [2.75, 3.05) is 20.1 Å². The number of halogens is 1. The summed E-state index contributed by atoms with van der Waals surface area (Å²) >= 11 is 3.50. The van der Waals surface area contributed by atoms with Gasteiger partial charge in [0.15, 0.2) is 0 Å². The van der Waals surface area contributed by atoms with Crippen LogP contribution in [0.5, 0.6) is 0 Å². The first-order valence-corrected chi connectivity index (χ1v) is 8.98. The monoisotopic (exact) mass is 352 g/mol. The topological polar surface area (TPSA) is 29.3 Å². The van der Waals surface area contributed by atoms with E-state index in [-0.39, 0.29) is 5.54 Å². The molecule has 1 atom stereocenters. The number of benzene rings is 1. The molecule has 1 aromatic carbocycles. The van der Waals surface area contributed by atoms with Crippen LogP contribution in [0.15, 0.2) is 28.7 Å². The number of hydrogen-bond donors (Lipinski definition) is 1. The van der Waals surface area contributed by atoms with Gasteiger partial charge < -0.3 is 5.73 Å². The molecule has 0 bridgehead atoms. The molecule has 0 radical (unpaired) electrons. The van der Waals surface area contributed by atoms with E-state index in [2.05, 4.69) is 59.1 Å². The third-order valence-electron chi connectivity index (χ3n) is 5.12. The fourth-order valence-electron chi connectivity index (χ4n) is 3.38. The number of rotatable bonds is 6. The number of hydrogen-bond acceptors (Lipinski definition) is 2. The first-order valence-electron chi connectivity index (χ1n) is 8.19. The molecule has 118 valence electrons. The predicted octanol–water partition coefficient (Wildman–Crippen LogP) is 4.22. The van der Waals surface area contributed by atoms with Crippen LogP contribution in [0.1, 0.15) is 44.6 Å². The molecule has 1 unspecified atom stereocenters. The minimum absolute atomic E-state index is 0.0469. The summed E-state index contributed by atoms with van der Waals surface area (Å²) < 4.78 is 1.14. The van der Waals surface area contributed by atoms with Crippen LogP contribution in [0.4, 0.5) is 0 Å². The van der Waals surface area contributed by atoms with Gasteiger partial charge in [0.25, 0.3) is 0 Å². The van der Waals surface area contributed by atoms with E-state index < -0.39 is 0 Å². The molecule has 1 aliphatic rings. The lowest BCUT2D eigenvalue weighted by Gasteiger charge is -2.41. The van der Waals surface area contributed by atoms with E-state index in [1.807, 2.05) is 0 Å². The largest absolute Gasteiger partial charge is 0.329 e. The van der Waals surface area contributed by atoms with Crippen molar-refractivity contribution in [2.45, 2.75) is 51.0 Å². The first kappa shape index (κ1) is 17.0. The highest BCUT2D eigenvalue weighted by molar-refractivity contribution is 9.10. The summed E-state index contributed by atoms with van der Waals surface area (Å²) in [5, 5.41) is 0. The van der Waals surface area contributed by atoms with E-state index >= 15 is 0 Å². The molecular formula is C18H29BrN2. The SMILES string of the molecule is CN(CC1CCCCC1)C(C)(CN)Cc1ccc(Br)cc1. The maximum atomic E-state index is 6.14. The van der Waals surface area contributed by atoms with E-state index in [4.69, 9.17) is 5.73 Å². The molecule has 0 saturated heterocycles. The average Bonchev–Trinajstić information content (AvgIpc) is 2.50. The Hall–Kier alpha value is -0.380. The quantitative estimate of drug-likeness (QED) is 0.830. The highest BCUT2D eigenvalue weighted by atomic mass is 79.9. The predicted molar refractivity (Wildman–Crippen MR) is 94.5 cm³/mol. The van der Waals surface area contributed by atoms with Gasteiger partial charge in [-0.2, -0.15) is 0 Å². The van der Waals surface area contributed by atoms with E-state index in [0.717, 1.165) is 16.8 Å². The van der Waals surface area contributed by atoms with Gasteiger partial charge in [0.1, 0.15) is 0 Å². The Labute approximate surface area is 138 Å². The fraction of sp³-hybridized carbons (Fsp3) is 0.667. The Kier molecular flexibility index (Phi) is 6.27. The van der Waals surface area contributed by atoms with Crippen molar-refractivity contribution in [1.82, 2.24) is 4.90 Å². The molecule has 2 rings (SSSR count). The van der Waals surface area contributed by atoms with Crippen LogP contribution in [0.25, 0.3) is 0 Å². The fourth-order valence-corrected chi connectivity index (χ4v) is 3.65. The summed E-state index contributed by atoms with van der Waals surface area (Å²) in [7, 11) is 2.25. The summed E-state index contributed by atoms with van der Waals surface area (Å²) in [5.41, 5.74) is 7.55. The molecule has 0 amide bonds. The van der Waals surface area contributed by atoms with Crippen molar-refractivity contribution in [1.29, 1.82) is 0 Å². The molecule has 0 heterocycles. The Bertz CT molecular complexity index is 425. The maximum Gasteiger partial charge on any atom is 0.0340 e. The van der Waals surface area contributed by atoms with Gasteiger partial charge in [0.2, 0.25) is 0 Å². The Balaban J connectivity index is 1.99. The third-order valence-corrected chi connectivity index (χ3v) is 5.64. The van der Waals surface area contributed by atoms with Gasteiger partial charge in [-0.3, -0.25) is 4.90 Å². The highest BCUT2D eigenvalue weighted by Crippen LogP contribution is 2.27. The second-order valence-corrected chi connectivity index (χ2v) is 7.80. The summed E-state index contributed by atoms with van der Waals surface area (Å²) in [5.74, 6) is 0.861. The van der Waals surface area contributed by atoms with Crippen LogP contribution in [0, 0.1) is 5.92 Å². The molecular weight excluding hydrogens is 324 g/mol. The van der Waals surface area contributed by atoms with E-state index in [9.17, 15) is 0 Å². The van der Waals surface area contributed by atoms with Crippen LogP contribution in [0.2, 0.25) is 0 Å². The van der Waals surface area contributed by atoms with Crippen molar-refractivity contribution < 1.29 is 0 Å². The Morgan fingerprint density at radius 2 is 1.81 bits per heavy atom. The lowest BCUT2D eigenvalue weighted by molar-refractivity contribution is 0.110. The molecule has 0 aliphatic heterocycles. The van der Waals surface area contributed by atoms with Gasteiger partial charge in [-0.25, -0.2) is 0 Å². The molecule has 2 N–H and O–H groups in total. The average molecular weight is 353 g/mol. The molecule has 21 heavy (non-hydrogen) atoms.